The van der Waals surface area contributed by atoms with Crippen molar-refractivity contribution in [2.45, 2.75) is 69.3 Å². The van der Waals surface area contributed by atoms with Gasteiger partial charge in [-0.15, -0.1) is 6.58 Å². The standard InChI is InChI=1S/C29H39BrN4O8S/c1-6-18-14-29(18,26(37)33-43(39,40)21-10-11-21)32-24(35)22-12-17(16-42-20-9-7-8-19(30)13-20)15-34(22)25(36)23(28(2,3)4)31-27(38)41-5/h6-9,13,17-18,21-23H,1,10-12,14-16H2,2-5H3,(H,31,38)(H,32,35)(H,33,37). The molecule has 5 unspecified atom stereocenters. The highest BCUT2D eigenvalue weighted by Crippen LogP contribution is 2.45. The van der Waals surface area contributed by atoms with Crippen molar-refractivity contribution < 1.29 is 37.1 Å². The van der Waals surface area contributed by atoms with E-state index < -0.39 is 68.0 Å². The first kappa shape index (κ1) is 32.8. The molecule has 12 nitrogen and oxygen atoms in total. The molecule has 3 N–H and O–H groups in total. The molecule has 43 heavy (non-hydrogen) atoms. The number of hydrogen-bond acceptors (Lipinski definition) is 8. The van der Waals surface area contributed by atoms with Crippen LogP contribution in [0.1, 0.15) is 46.5 Å². The highest BCUT2D eigenvalue weighted by molar-refractivity contribution is 9.10. The number of nitrogens with one attached hydrogen (secondary N) is 3. The molecule has 1 aromatic rings. The molecule has 3 fully saturated rings. The lowest BCUT2D eigenvalue weighted by Crippen LogP contribution is -2.60. The van der Waals surface area contributed by atoms with Crippen LogP contribution >= 0.6 is 15.9 Å². The van der Waals surface area contributed by atoms with Gasteiger partial charge in [-0.2, -0.15) is 0 Å². The van der Waals surface area contributed by atoms with Gasteiger partial charge >= 0.3 is 6.09 Å². The van der Waals surface area contributed by atoms with E-state index in [9.17, 15) is 27.6 Å². The molecule has 14 heteroatoms. The fraction of sp³-hybridized carbons (Fsp3) is 0.586. The summed E-state index contributed by atoms with van der Waals surface area (Å²) in [5, 5.41) is 4.75. The minimum Gasteiger partial charge on any atom is -0.493 e. The second-order valence-corrected chi connectivity index (χ2v) is 15.4. The van der Waals surface area contributed by atoms with E-state index in [0.29, 0.717) is 18.6 Å². The van der Waals surface area contributed by atoms with Crippen LogP contribution in [0.2, 0.25) is 0 Å². The summed E-state index contributed by atoms with van der Waals surface area (Å²) < 4.78 is 38.7. The average Bonchev–Trinajstić information content (AvgIpc) is 3.86. The second kappa shape index (κ2) is 12.5. The zero-order valence-electron chi connectivity index (χ0n) is 24.7. The quantitative estimate of drug-likeness (QED) is 0.300. The molecule has 3 aliphatic rings. The Morgan fingerprint density at radius 1 is 1.23 bits per heavy atom. The summed E-state index contributed by atoms with van der Waals surface area (Å²) in [4.78, 5) is 54.6. The lowest BCUT2D eigenvalue weighted by molar-refractivity contribution is -0.142. The van der Waals surface area contributed by atoms with E-state index in [1.807, 2.05) is 12.1 Å². The van der Waals surface area contributed by atoms with E-state index in [0.717, 1.165) is 4.47 Å². The first-order valence-corrected chi connectivity index (χ1v) is 16.5. The van der Waals surface area contributed by atoms with Crippen LogP contribution in [0.3, 0.4) is 0 Å². The van der Waals surface area contributed by atoms with Gasteiger partial charge in [0.2, 0.25) is 21.8 Å². The maximum Gasteiger partial charge on any atom is 0.407 e. The van der Waals surface area contributed by atoms with Crippen LogP contribution in [-0.2, 0) is 29.1 Å². The van der Waals surface area contributed by atoms with E-state index in [1.165, 1.54) is 18.1 Å². The molecule has 4 rings (SSSR count). The fourth-order valence-corrected chi connectivity index (χ4v) is 7.06. The SMILES string of the molecule is C=CC1CC1(NC(=O)C1CC(COc2cccc(Br)c2)CN1C(=O)C(NC(=O)OC)C(C)(C)C)C(=O)NS(=O)(=O)C1CC1. The van der Waals surface area contributed by atoms with Crippen LogP contribution in [-0.4, -0.2) is 80.3 Å². The van der Waals surface area contributed by atoms with Crippen molar-refractivity contribution in [3.05, 3.63) is 41.4 Å². The number of amides is 4. The molecule has 0 radical (unpaired) electrons. The summed E-state index contributed by atoms with van der Waals surface area (Å²) in [5.41, 5.74) is -2.23. The Morgan fingerprint density at radius 2 is 1.93 bits per heavy atom. The minimum absolute atomic E-state index is 0.153. The van der Waals surface area contributed by atoms with Gasteiger partial charge in [-0.1, -0.05) is 48.8 Å². The highest BCUT2D eigenvalue weighted by Gasteiger charge is 2.62. The predicted octanol–water partition coefficient (Wildman–Crippen LogP) is 2.49. The van der Waals surface area contributed by atoms with Crippen molar-refractivity contribution >= 4 is 49.8 Å². The number of halogens is 1. The molecule has 1 aliphatic heterocycles. The summed E-state index contributed by atoms with van der Waals surface area (Å²) in [6, 6.07) is 5.25. The number of hydrogen-bond donors (Lipinski definition) is 3. The smallest absolute Gasteiger partial charge is 0.407 e. The summed E-state index contributed by atoms with van der Waals surface area (Å²) in [7, 11) is -2.65. The van der Waals surface area contributed by atoms with Crippen LogP contribution in [0.15, 0.2) is 41.4 Å². The molecule has 0 bridgehead atoms. The number of carbonyl (C=O) groups excluding carboxylic acids is 4. The number of nitrogens with zero attached hydrogens (tertiary/aromatic N) is 1. The Hall–Kier alpha value is -3.13. The zero-order valence-corrected chi connectivity index (χ0v) is 27.1. The second-order valence-electron chi connectivity index (χ2n) is 12.5. The topological polar surface area (TPSA) is 160 Å². The van der Waals surface area contributed by atoms with E-state index in [4.69, 9.17) is 9.47 Å². The number of methoxy groups -OCH3 is 1. The van der Waals surface area contributed by atoms with Crippen LogP contribution < -0.4 is 20.1 Å². The molecule has 2 saturated carbocycles. The third-order valence-electron chi connectivity index (χ3n) is 8.06. The van der Waals surface area contributed by atoms with E-state index >= 15 is 0 Å². The maximum atomic E-state index is 14.0. The number of ether oxygens (including phenoxy) is 2. The molecule has 236 valence electrons. The largest absolute Gasteiger partial charge is 0.493 e. The molecule has 1 aromatic carbocycles. The molecule has 5 atom stereocenters. The maximum absolute atomic E-state index is 14.0. The van der Waals surface area contributed by atoms with Crippen molar-refractivity contribution in [2.75, 3.05) is 20.3 Å². The summed E-state index contributed by atoms with van der Waals surface area (Å²) in [6.07, 6.45) is 2.07. The van der Waals surface area contributed by atoms with Gasteiger partial charge in [0.1, 0.15) is 23.4 Å². The van der Waals surface area contributed by atoms with E-state index in [2.05, 4.69) is 37.9 Å². The molecule has 1 heterocycles. The Kier molecular flexibility index (Phi) is 9.50. The lowest BCUT2D eigenvalue weighted by Gasteiger charge is -2.35. The number of rotatable bonds is 11. The summed E-state index contributed by atoms with van der Waals surface area (Å²) in [5.74, 6) is -2.04. The number of alkyl carbamates (subject to hydrolysis) is 1. The zero-order chi connectivity index (χ0) is 31.7. The number of sulfonamides is 1. The Balaban J connectivity index is 1.57. The van der Waals surface area contributed by atoms with Crippen LogP contribution in [0.25, 0.3) is 0 Å². The lowest BCUT2D eigenvalue weighted by atomic mass is 9.85. The molecule has 2 aliphatic carbocycles. The third-order valence-corrected chi connectivity index (χ3v) is 10.4. The molecule has 1 saturated heterocycles. The van der Waals surface area contributed by atoms with Gasteiger partial charge in [-0.3, -0.25) is 19.1 Å². The van der Waals surface area contributed by atoms with Crippen LogP contribution in [0.5, 0.6) is 5.75 Å². The van der Waals surface area contributed by atoms with Crippen molar-refractivity contribution in [2.24, 2.45) is 17.3 Å². The highest BCUT2D eigenvalue weighted by atomic mass is 79.9. The number of carbonyl (C=O) groups is 4. The Labute approximate surface area is 260 Å². The molecular formula is C29H39BrN4O8S. The number of likely N-dealkylation sites (tertiary alicyclic amines) is 1. The summed E-state index contributed by atoms with van der Waals surface area (Å²) in [6.45, 7) is 9.43. The molecule has 4 amide bonds. The van der Waals surface area contributed by atoms with Gasteiger partial charge in [-0.25, -0.2) is 13.2 Å². The van der Waals surface area contributed by atoms with Gasteiger partial charge in [-0.05, 0) is 49.3 Å². The van der Waals surface area contributed by atoms with Crippen LogP contribution in [0.4, 0.5) is 4.79 Å². The third kappa shape index (κ3) is 7.51. The Morgan fingerprint density at radius 3 is 2.49 bits per heavy atom. The number of benzene rings is 1. The summed E-state index contributed by atoms with van der Waals surface area (Å²) >= 11 is 3.41. The Bertz CT molecular complexity index is 1390. The first-order valence-electron chi connectivity index (χ1n) is 14.1. The van der Waals surface area contributed by atoms with Crippen LogP contribution in [0, 0.1) is 17.3 Å². The normalized spacial score (nSPS) is 25.7. The van der Waals surface area contributed by atoms with Crippen molar-refractivity contribution in [3.63, 3.8) is 0 Å². The van der Waals surface area contributed by atoms with E-state index in [-0.39, 0.29) is 31.9 Å². The first-order chi connectivity index (χ1) is 20.1. The molecule has 0 spiro atoms. The van der Waals surface area contributed by atoms with Crippen molar-refractivity contribution in [1.82, 2.24) is 20.3 Å². The predicted molar refractivity (Wildman–Crippen MR) is 161 cm³/mol. The molecular weight excluding hydrogens is 644 g/mol. The average molecular weight is 684 g/mol. The van der Waals surface area contributed by atoms with Gasteiger partial charge in [0.15, 0.2) is 0 Å². The van der Waals surface area contributed by atoms with Gasteiger partial charge < -0.3 is 25.0 Å². The van der Waals surface area contributed by atoms with Crippen molar-refractivity contribution in [3.8, 4) is 5.75 Å². The minimum atomic E-state index is -3.85. The molecule has 0 aromatic heterocycles. The van der Waals surface area contributed by atoms with Crippen molar-refractivity contribution in [1.29, 1.82) is 0 Å². The van der Waals surface area contributed by atoms with Gasteiger partial charge in [0, 0.05) is 22.9 Å². The monoisotopic (exact) mass is 682 g/mol. The van der Waals surface area contributed by atoms with E-state index in [1.54, 1.807) is 32.9 Å². The van der Waals surface area contributed by atoms with Gasteiger partial charge in [0.25, 0.3) is 5.91 Å². The van der Waals surface area contributed by atoms with Gasteiger partial charge in [0.05, 0.1) is 19.0 Å². The fourth-order valence-electron chi connectivity index (χ4n) is 5.32.